The zero-order valence-corrected chi connectivity index (χ0v) is 15.3. The molecule has 126 valence electrons. The Morgan fingerprint density at radius 1 is 0.958 bits per heavy atom. The van der Waals surface area contributed by atoms with Crippen molar-refractivity contribution in [3.63, 3.8) is 0 Å². The van der Waals surface area contributed by atoms with Crippen LogP contribution in [0, 0.1) is 0 Å². The van der Waals surface area contributed by atoms with E-state index >= 15 is 0 Å². The van der Waals surface area contributed by atoms with Gasteiger partial charge in [0, 0.05) is 0 Å². The standard InChI is InChI=1S/C21H25NOS/c1-21(2,23)20(18-12-8-5-9-13-18)24(22-3)15-14-19(16-24)17-10-6-4-7-11-17/h4-16,20,22-23H,1-3H3. The van der Waals surface area contributed by atoms with Gasteiger partial charge in [0.25, 0.3) is 0 Å². The van der Waals surface area contributed by atoms with Gasteiger partial charge in [0.1, 0.15) is 0 Å². The van der Waals surface area contributed by atoms with Crippen molar-refractivity contribution in [2.75, 3.05) is 7.05 Å². The maximum absolute atomic E-state index is 11.0. The number of nitrogens with one attached hydrogen (secondary N) is 1. The number of hydrogen-bond acceptors (Lipinski definition) is 2. The van der Waals surface area contributed by atoms with E-state index in [1.54, 1.807) is 0 Å². The Hall–Kier alpha value is -1.81. The van der Waals surface area contributed by atoms with Crippen molar-refractivity contribution in [3.8, 4) is 0 Å². The van der Waals surface area contributed by atoms with E-state index in [-0.39, 0.29) is 5.25 Å². The van der Waals surface area contributed by atoms with Crippen molar-refractivity contribution in [3.05, 3.63) is 88.7 Å². The molecule has 2 aromatic carbocycles. The quantitative estimate of drug-likeness (QED) is 0.803. The molecule has 0 saturated heterocycles. The Balaban J connectivity index is 2.09. The monoisotopic (exact) mass is 339 g/mol. The third-order valence-electron chi connectivity index (χ3n) is 4.39. The first kappa shape index (κ1) is 17.0. The molecule has 3 rings (SSSR count). The number of rotatable bonds is 5. The van der Waals surface area contributed by atoms with Crippen LogP contribution >= 0.6 is 10.2 Å². The van der Waals surface area contributed by atoms with Crippen molar-refractivity contribution < 1.29 is 5.11 Å². The van der Waals surface area contributed by atoms with Gasteiger partial charge in [-0.25, -0.2) is 0 Å². The summed E-state index contributed by atoms with van der Waals surface area (Å²) in [5, 5.41) is 15.5. The predicted octanol–water partition coefficient (Wildman–Crippen LogP) is 5.01. The van der Waals surface area contributed by atoms with Gasteiger partial charge in [-0.2, -0.15) is 0 Å². The molecule has 0 saturated carbocycles. The zero-order chi connectivity index (χ0) is 17.2. The van der Waals surface area contributed by atoms with E-state index in [0.29, 0.717) is 0 Å². The second kappa shape index (κ2) is 6.60. The summed E-state index contributed by atoms with van der Waals surface area (Å²) in [4.78, 5) is 0. The lowest BCUT2D eigenvalue weighted by molar-refractivity contribution is 0.0765. The highest BCUT2D eigenvalue weighted by Crippen LogP contribution is 2.66. The van der Waals surface area contributed by atoms with Crippen LogP contribution < -0.4 is 4.72 Å². The lowest BCUT2D eigenvalue weighted by Gasteiger charge is -2.46. The Bertz CT molecular complexity index is 746. The number of allylic oxidation sites excluding steroid dienone is 2. The molecule has 0 spiro atoms. The van der Waals surface area contributed by atoms with Gasteiger partial charge in [0.05, 0.1) is 10.9 Å². The molecule has 0 bridgehead atoms. The molecule has 0 radical (unpaired) electrons. The fourth-order valence-electron chi connectivity index (χ4n) is 3.40. The SMILES string of the molecule is CNS1(C(c2ccccc2)C(C)(C)O)C=CC(c2ccccc2)=C1. The van der Waals surface area contributed by atoms with E-state index in [2.05, 4.69) is 58.0 Å². The van der Waals surface area contributed by atoms with Crippen LogP contribution in [0.1, 0.15) is 30.2 Å². The fourth-order valence-corrected chi connectivity index (χ4v) is 6.83. The highest BCUT2D eigenvalue weighted by Gasteiger charge is 2.41. The second-order valence-corrected chi connectivity index (χ2v) is 9.56. The van der Waals surface area contributed by atoms with Gasteiger partial charge in [0.15, 0.2) is 0 Å². The second-order valence-electron chi connectivity index (χ2n) is 6.65. The van der Waals surface area contributed by atoms with Crippen molar-refractivity contribution >= 4 is 15.8 Å². The molecular formula is C21H25NOS. The molecule has 0 aromatic heterocycles. The summed E-state index contributed by atoms with van der Waals surface area (Å²) in [6.45, 7) is 3.80. The minimum Gasteiger partial charge on any atom is -0.389 e. The van der Waals surface area contributed by atoms with E-state index in [0.717, 1.165) is 5.56 Å². The highest BCUT2D eigenvalue weighted by molar-refractivity contribution is 8.37. The summed E-state index contributed by atoms with van der Waals surface area (Å²) in [6, 6.07) is 20.7. The van der Waals surface area contributed by atoms with Crippen molar-refractivity contribution in [2.24, 2.45) is 0 Å². The van der Waals surface area contributed by atoms with Crippen molar-refractivity contribution in [2.45, 2.75) is 24.7 Å². The van der Waals surface area contributed by atoms with Crippen LogP contribution in [-0.2, 0) is 0 Å². The Morgan fingerprint density at radius 2 is 1.54 bits per heavy atom. The maximum Gasteiger partial charge on any atom is 0.0753 e. The van der Waals surface area contributed by atoms with Gasteiger partial charge < -0.3 is 5.11 Å². The maximum atomic E-state index is 11.0. The van der Waals surface area contributed by atoms with Crippen LogP contribution in [0.2, 0.25) is 0 Å². The lowest BCUT2D eigenvalue weighted by Crippen LogP contribution is -2.35. The average Bonchev–Trinajstić information content (AvgIpc) is 3.01. The molecular weight excluding hydrogens is 314 g/mol. The summed E-state index contributed by atoms with van der Waals surface area (Å²) >= 11 is 0. The van der Waals surface area contributed by atoms with E-state index in [1.807, 2.05) is 45.2 Å². The molecule has 0 amide bonds. The molecule has 2 N–H and O–H groups in total. The largest absolute Gasteiger partial charge is 0.389 e. The van der Waals surface area contributed by atoms with Crippen LogP contribution in [0.3, 0.4) is 0 Å². The van der Waals surface area contributed by atoms with Gasteiger partial charge >= 0.3 is 0 Å². The number of benzene rings is 2. The smallest absolute Gasteiger partial charge is 0.0753 e. The molecule has 24 heavy (non-hydrogen) atoms. The Morgan fingerprint density at radius 3 is 2.08 bits per heavy atom. The third kappa shape index (κ3) is 3.20. The normalized spacial score (nSPS) is 24.2. The highest BCUT2D eigenvalue weighted by atomic mass is 32.3. The zero-order valence-electron chi connectivity index (χ0n) is 14.4. The predicted molar refractivity (Wildman–Crippen MR) is 106 cm³/mol. The van der Waals surface area contributed by atoms with E-state index in [9.17, 15) is 5.11 Å². The molecule has 2 nitrogen and oxygen atoms in total. The average molecular weight is 340 g/mol. The summed E-state index contributed by atoms with van der Waals surface area (Å²) in [7, 11) is 0.501. The number of hydrogen-bond donors (Lipinski definition) is 2. The molecule has 2 unspecified atom stereocenters. The molecule has 0 fully saturated rings. The molecule has 1 heterocycles. The Kier molecular flexibility index (Phi) is 4.68. The lowest BCUT2D eigenvalue weighted by atomic mass is 9.98. The first-order chi connectivity index (χ1) is 11.5. The fraction of sp³-hybridized carbons (Fsp3) is 0.238. The Labute approximate surface area is 146 Å². The topological polar surface area (TPSA) is 32.3 Å². The van der Waals surface area contributed by atoms with E-state index < -0.39 is 15.8 Å². The van der Waals surface area contributed by atoms with Crippen LogP contribution in [0.4, 0.5) is 0 Å². The van der Waals surface area contributed by atoms with Crippen LogP contribution in [-0.4, -0.2) is 17.8 Å². The van der Waals surface area contributed by atoms with Gasteiger partial charge in [-0.1, -0.05) is 60.7 Å². The minimum atomic E-state index is -1.49. The molecule has 1 aliphatic rings. The summed E-state index contributed by atoms with van der Waals surface area (Å²) in [6.07, 6.45) is 2.18. The third-order valence-corrected chi connectivity index (χ3v) is 7.96. The molecule has 2 aromatic rings. The van der Waals surface area contributed by atoms with Gasteiger partial charge in [0.2, 0.25) is 0 Å². The van der Waals surface area contributed by atoms with E-state index in [1.165, 1.54) is 11.1 Å². The summed E-state index contributed by atoms with van der Waals surface area (Å²) in [5.74, 6) is 0. The van der Waals surface area contributed by atoms with Gasteiger partial charge in [-0.05, 0) is 54.5 Å². The van der Waals surface area contributed by atoms with Crippen LogP contribution in [0.15, 0.2) is 77.6 Å². The summed E-state index contributed by atoms with van der Waals surface area (Å²) < 4.78 is 3.54. The van der Waals surface area contributed by atoms with Gasteiger partial charge in [-0.3, -0.25) is 4.72 Å². The first-order valence-electron chi connectivity index (χ1n) is 8.19. The minimum absolute atomic E-state index is 0.0198. The van der Waals surface area contributed by atoms with Gasteiger partial charge in [-0.15, -0.1) is 10.2 Å². The molecule has 0 aliphatic carbocycles. The molecule has 3 heteroatoms. The molecule has 2 atom stereocenters. The van der Waals surface area contributed by atoms with Crippen molar-refractivity contribution in [1.82, 2.24) is 4.72 Å². The summed E-state index contributed by atoms with van der Waals surface area (Å²) in [5.41, 5.74) is 2.74. The van der Waals surface area contributed by atoms with Crippen molar-refractivity contribution in [1.29, 1.82) is 0 Å². The molecule has 1 aliphatic heterocycles. The first-order valence-corrected chi connectivity index (χ1v) is 10.0. The van der Waals surface area contributed by atoms with Crippen LogP contribution in [0.5, 0.6) is 0 Å². The van der Waals surface area contributed by atoms with Crippen LogP contribution in [0.25, 0.3) is 5.57 Å². The number of aliphatic hydroxyl groups is 1. The van der Waals surface area contributed by atoms with E-state index in [4.69, 9.17) is 0 Å².